The Bertz CT molecular complexity index is 288. The van der Waals surface area contributed by atoms with Crippen LogP contribution in [-0.4, -0.2) is 30.6 Å². The lowest BCUT2D eigenvalue weighted by molar-refractivity contribution is 0.879. The molecule has 1 aromatic heterocycles. The Balaban J connectivity index is 0.00000169. The SMILES string of the molecule is Cc1cc(CCN)nc(N(C)C)n1.Cl. The molecule has 0 saturated heterocycles. The molecule has 0 atom stereocenters. The zero-order valence-corrected chi connectivity index (χ0v) is 9.64. The summed E-state index contributed by atoms with van der Waals surface area (Å²) in [5, 5.41) is 0. The molecule has 0 aromatic carbocycles. The molecular formula is C9H17ClN4. The molecule has 1 rings (SSSR count). The van der Waals surface area contributed by atoms with Crippen LogP contribution in [0.5, 0.6) is 0 Å². The summed E-state index contributed by atoms with van der Waals surface area (Å²) in [6.07, 6.45) is 0.810. The van der Waals surface area contributed by atoms with Crippen LogP contribution in [0.3, 0.4) is 0 Å². The maximum Gasteiger partial charge on any atom is 0.225 e. The molecule has 0 spiro atoms. The van der Waals surface area contributed by atoms with E-state index >= 15 is 0 Å². The number of halogens is 1. The summed E-state index contributed by atoms with van der Waals surface area (Å²) < 4.78 is 0. The summed E-state index contributed by atoms with van der Waals surface area (Å²) in [4.78, 5) is 10.5. The van der Waals surface area contributed by atoms with Crippen LogP contribution in [-0.2, 0) is 6.42 Å². The first-order valence-corrected chi connectivity index (χ1v) is 4.35. The molecule has 1 heterocycles. The van der Waals surface area contributed by atoms with E-state index in [1.165, 1.54) is 0 Å². The van der Waals surface area contributed by atoms with E-state index in [2.05, 4.69) is 9.97 Å². The van der Waals surface area contributed by atoms with Crippen LogP contribution in [0.2, 0.25) is 0 Å². The van der Waals surface area contributed by atoms with Gasteiger partial charge in [-0.25, -0.2) is 9.97 Å². The van der Waals surface area contributed by atoms with Gasteiger partial charge in [0.15, 0.2) is 0 Å². The Hall–Kier alpha value is -0.870. The average molecular weight is 217 g/mol. The molecule has 0 bridgehead atoms. The van der Waals surface area contributed by atoms with Crippen molar-refractivity contribution in [1.82, 2.24) is 9.97 Å². The fraction of sp³-hybridized carbons (Fsp3) is 0.556. The molecule has 0 aliphatic heterocycles. The summed E-state index contributed by atoms with van der Waals surface area (Å²) in [6, 6.07) is 1.97. The Morgan fingerprint density at radius 3 is 2.50 bits per heavy atom. The van der Waals surface area contributed by atoms with Gasteiger partial charge in [-0.15, -0.1) is 12.4 Å². The third kappa shape index (κ3) is 3.47. The van der Waals surface area contributed by atoms with E-state index < -0.39 is 0 Å². The molecule has 0 aliphatic carbocycles. The maximum absolute atomic E-state index is 5.46. The van der Waals surface area contributed by atoms with Crippen molar-refractivity contribution in [2.24, 2.45) is 5.73 Å². The second kappa shape index (κ2) is 5.78. The quantitative estimate of drug-likeness (QED) is 0.811. The van der Waals surface area contributed by atoms with Crippen molar-refractivity contribution >= 4 is 18.4 Å². The van der Waals surface area contributed by atoms with Crippen molar-refractivity contribution in [3.8, 4) is 0 Å². The van der Waals surface area contributed by atoms with Gasteiger partial charge in [0, 0.05) is 31.9 Å². The molecule has 80 valence electrons. The molecule has 1 aromatic rings. The van der Waals surface area contributed by atoms with E-state index in [0.29, 0.717) is 6.54 Å². The molecule has 0 saturated carbocycles. The molecule has 0 aliphatic rings. The molecular weight excluding hydrogens is 200 g/mol. The van der Waals surface area contributed by atoms with E-state index in [4.69, 9.17) is 5.73 Å². The normalized spacial score (nSPS) is 9.43. The monoisotopic (exact) mass is 216 g/mol. The molecule has 0 fully saturated rings. The van der Waals surface area contributed by atoms with Crippen molar-refractivity contribution in [2.75, 3.05) is 25.5 Å². The Morgan fingerprint density at radius 2 is 2.00 bits per heavy atom. The number of aryl methyl sites for hydroxylation is 1. The average Bonchev–Trinajstić information content (AvgIpc) is 2.03. The fourth-order valence-electron chi connectivity index (χ4n) is 1.09. The van der Waals surface area contributed by atoms with Gasteiger partial charge < -0.3 is 10.6 Å². The third-order valence-corrected chi connectivity index (χ3v) is 1.70. The van der Waals surface area contributed by atoms with Crippen LogP contribution in [0.25, 0.3) is 0 Å². The first-order chi connectivity index (χ1) is 6.13. The lowest BCUT2D eigenvalue weighted by Gasteiger charge is -2.11. The van der Waals surface area contributed by atoms with Crippen LogP contribution >= 0.6 is 12.4 Å². The minimum absolute atomic E-state index is 0. The van der Waals surface area contributed by atoms with Crippen molar-refractivity contribution in [3.05, 3.63) is 17.5 Å². The number of nitrogens with zero attached hydrogens (tertiary/aromatic N) is 3. The topological polar surface area (TPSA) is 55.0 Å². The van der Waals surface area contributed by atoms with Crippen LogP contribution < -0.4 is 10.6 Å². The zero-order chi connectivity index (χ0) is 9.84. The summed E-state index contributed by atoms with van der Waals surface area (Å²) >= 11 is 0. The minimum Gasteiger partial charge on any atom is -0.347 e. The minimum atomic E-state index is 0. The van der Waals surface area contributed by atoms with Gasteiger partial charge in [-0.3, -0.25) is 0 Å². The highest BCUT2D eigenvalue weighted by molar-refractivity contribution is 5.85. The predicted molar refractivity (Wildman–Crippen MR) is 61.1 cm³/mol. The van der Waals surface area contributed by atoms with Crippen molar-refractivity contribution in [2.45, 2.75) is 13.3 Å². The van der Waals surface area contributed by atoms with E-state index in [1.807, 2.05) is 32.0 Å². The fourth-order valence-corrected chi connectivity index (χ4v) is 1.09. The van der Waals surface area contributed by atoms with E-state index in [-0.39, 0.29) is 12.4 Å². The van der Waals surface area contributed by atoms with Crippen molar-refractivity contribution in [3.63, 3.8) is 0 Å². The van der Waals surface area contributed by atoms with Gasteiger partial charge in [-0.1, -0.05) is 0 Å². The van der Waals surface area contributed by atoms with Gasteiger partial charge in [-0.2, -0.15) is 0 Å². The molecule has 14 heavy (non-hydrogen) atoms. The summed E-state index contributed by atoms with van der Waals surface area (Å²) in [5.41, 5.74) is 7.46. The highest BCUT2D eigenvalue weighted by atomic mass is 35.5. The van der Waals surface area contributed by atoms with Gasteiger partial charge in [0.2, 0.25) is 5.95 Å². The van der Waals surface area contributed by atoms with Crippen LogP contribution in [0.4, 0.5) is 5.95 Å². The Labute approximate surface area is 90.9 Å². The second-order valence-electron chi connectivity index (χ2n) is 3.23. The number of aromatic nitrogens is 2. The number of hydrogen-bond acceptors (Lipinski definition) is 4. The Kier molecular flexibility index (Phi) is 5.42. The second-order valence-corrected chi connectivity index (χ2v) is 3.23. The number of rotatable bonds is 3. The van der Waals surface area contributed by atoms with E-state index in [9.17, 15) is 0 Å². The molecule has 5 heteroatoms. The van der Waals surface area contributed by atoms with Gasteiger partial charge in [0.25, 0.3) is 0 Å². The molecule has 0 radical (unpaired) electrons. The van der Waals surface area contributed by atoms with Crippen LogP contribution in [0.1, 0.15) is 11.4 Å². The third-order valence-electron chi connectivity index (χ3n) is 1.70. The highest BCUT2D eigenvalue weighted by Crippen LogP contribution is 2.07. The molecule has 0 unspecified atom stereocenters. The summed E-state index contributed by atoms with van der Waals surface area (Å²) in [6.45, 7) is 2.60. The molecule has 4 nitrogen and oxygen atoms in total. The van der Waals surface area contributed by atoms with Crippen molar-refractivity contribution in [1.29, 1.82) is 0 Å². The standard InChI is InChI=1S/C9H16N4.ClH/c1-7-6-8(4-5-10)12-9(11-7)13(2)3;/h6H,4-5,10H2,1-3H3;1H. The number of anilines is 1. The smallest absolute Gasteiger partial charge is 0.225 e. The zero-order valence-electron chi connectivity index (χ0n) is 8.82. The summed E-state index contributed by atoms with van der Waals surface area (Å²) in [7, 11) is 3.86. The maximum atomic E-state index is 5.46. The lowest BCUT2D eigenvalue weighted by atomic mass is 10.2. The first kappa shape index (κ1) is 13.1. The largest absolute Gasteiger partial charge is 0.347 e. The van der Waals surface area contributed by atoms with Crippen LogP contribution in [0.15, 0.2) is 6.07 Å². The number of hydrogen-bond donors (Lipinski definition) is 1. The lowest BCUT2D eigenvalue weighted by Crippen LogP contribution is -2.15. The van der Waals surface area contributed by atoms with E-state index in [0.717, 1.165) is 23.8 Å². The molecule has 2 N–H and O–H groups in total. The Morgan fingerprint density at radius 1 is 1.36 bits per heavy atom. The van der Waals surface area contributed by atoms with Gasteiger partial charge in [0.1, 0.15) is 0 Å². The van der Waals surface area contributed by atoms with Crippen molar-refractivity contribution < 1.29 is 0 Å². The number of nitrogens with two attached hydrogens (primary N) is 1. The molecule has 0 amide bonds. The van der Waals surface area contributed by atoms with E-state index in [1.54, 1.807) is 0 Å². The van der Waals surface area contributed by atoms with Gasteiger partial charge in [-0.05, 0) is 19.5 Å². The van der Waals surface area contributed by atoms with Crippen LogP contribution in [0, 0.1) is 6.92 Å². The predicted octanol–water partition coefficient (Wildman–Crippen LogP) is 0.774. The first-order valence-electron chi connectivity index (χ1n) is 4.35. The summed E-state index contributed by atoms with van der Waals surface area (Å²) in [5.74, 6) is 0.753. The van der Waals surface area contributed by atoms with Gasteiger partial charge in [0.05, 0.1) is 0 Å². The highest BCUT2D eigenvalue weighted by Gasteiger charge is 2.02. The van der Waals surface area contributed by atoms with Gasteiger partial charge >= 0.3 is 0 Å².